The number of hydrogen-bond donors (Lipinski definition) is 0. The molecule has 0 radical (unpaired) electrons. The Hall–Kier alpha value is -2.91. The van der Waals surface area contributed by atoms with Crippen LogP contribution in [0.3, 0.4) is 0 Å². The molecule has 2 aromatic carbocycles. The molecule has 0 spiro atoms. The monoisotopic (exact) mass is 456 g/mol. The van der Waals surface area contributed by atoms with Gasteiger partial charge in [-0.05, 0) is 47.2 Å². The van der Waals surface area contributed by atoms with Crippen molar-refractivity contribution in [3.05, 3.63) is 63.7 Å². The molecule has 160 valence electrons. The Morgan fingerprint density at radius 3 is 2.81 bits per heavy atom. The molecule has 0 aliphatic heterocycles. The third kappa shape index (κ3) is 4.42. The summed E-state index contributed by atoms with van der Waals surface area (Å²) in [6, 6.07) is 12.5. The molecule has 8 nitrogen and oxygen atoms in total. The molecular formula is C21H21ClN6O2S. The van der Waals surface area contributed by atoms with Gasteiger partial charge in [-0.15, -0.1) is 5.10 Å². The number of halogens is 1. The minimum Gasteiger partial charge on any atom is -0.495 e. The average Bonchev–Trinajstić information content (AvgIpc) is 3.23. The number of ether oxygens (including phenoxy) is 1. The number of rotatable bonds is 8. The van der Waals surface area contributed by atoms with Crippen LogP contribution in [0.5, 0.6) is 5.75 Å². The fraction of sp³-hybridized carbons (Fsp3) is 0.286. The first-order valence-electron chi connectivity index (χ1n) is 9.86. The minimum atomic E-state index is -0.167. The van der Waals surface area contributed by atoms with Gasteiger partial charge < -0.3 is 4.74 Å². The first kappa shape index (κ1) is 21.3. The predicted octanol–water partition coefficient (Wildman–Crippen LogP) is 4.13. The van der Waals surface area contributed by atoms with Gasteiger partial charge in [0.05, 0.1) is 34.5 Å². The molecule has 0 aliphatic rings. The number of tetrazole rings is 1. The summed E-state index contributed by atoms with van der Waals surface area (Å²) >= 11 is 7.74. The summed E-state index contributed by atoms with van der Waals surface area (Å²) in [6.07, 6.45) is 2.04. The number of para-hydroxylation sites is 1. The normalized spacial score (nSPS) is 11.2. The molecule has 0 atom stereocenters. The lowest BCUT2D eigenvalue weighted by Crippen LogP contribution is -2.22. The van der Waals surface area contributed by atoms with E-state index in [4.69, 9.17) is 21.3 Å². The third-order valence-electron chi connectivity index (χ3n) is 4.80. The zero-order valence-corrected chi connectivity index (χ0v) is 18.7. The van der Waals surface area contributed by atoms with E-state index in [-0.39, 0.29) is 5.56 Å². The lowest BCUT2D eigenvalue weighted by Gasteiger charge is -2.14. The largest absolute Gasteiger partial charge is 0.495 e. The fourth-order valence-electron chi connectivity index (χ4n) is 3.17. The van der Waals surface area contributed by atoms with Gasteiger partial charge in [-0.1, -0.05) is 48.8 Å². The summed E-state index contributed by atoms with van der Waals surface area (Å²) < 4.78 is 8.61. The Morgan fingerprint density at radius 1 is 1.19 bits per heavy atom. The van der Waals surface area contributed by atoms with Crippen molar-refractivity contribution >= 4 is 34.3 Å². The van der Waals surface area contributed by atoms with Gasteiger partial charge in [-0.3, -0.25) is 9.36 Å². The van der Waals surface area contributed by atoms with Gasteiger partial charge in [-0.2, -0.15) is 0 Å². The summed E-state index contributed by atoms with van der Waals surface area (Å²) in [5, 5.41) is 13.5. The van der Waals surface area contributed by atoms with Gasteiger partial charge in [0.15, 0.2) is 11.0 Å². The Labute approximate surface area is 188 Å². The number of aryl methyl sites for hydroxylation is 1. The Bertz CT molecular complexity index is 1270. The summed E-state index contributed by atoms with van der Waals surface area (Å²) in [5.74, 6) is 1.75. The summed E-state index contributed by atoms with van der Waals surface area (Å²) in [7, 11) is 1.55. The number of benzene rings is 2. The molecule has 0 saturated carbocycles. The van der Waals surface area contributed by atoms with Gasteiger partial charge in [0.25, 0.3) is 5.56 Å². The number of fused-ring (bicyclic) bond motifs is 1. The maximum absolute atomic E-state index is 13.4. The van der Waals surface area contributed by atoms with Crippen LogP contribution in [0.4, 0.5) is 0 Å². The van der Waals surface area contributed by atoms with E-state index >= 15 is 0 Å². The van der Waals surface area contributed by atoms with Crippen LogP contribution in [0, 0.1) is 0 Å². The number of hydrogen-bond acceptors (Lipinski definition) is 7. The molecule has 0 unspecified atom stereocenters. The van der Waals surface area contributed by atoms with Crippen molar-refractivity contribution in [2.75, 3.05) is 7.11 Å². The van der Waals surface area contributed by atoms with Crippen LogP contribution in [0.2, 0.25) is 5.02 Å². The van der Waals surface area contributed by atoms with Crippen LogP contribution >= 0.6 is 23.4 Å². The highest BCUT2D eigenvalue weighted by molar-refractivity contribution is 7.98. The van der Waals surface area contributed by atoms with Crippen molar-refractivity contribution in [3.63, 3.8) is 0 Å². The van der Waals surface area contributed by atoms with E-state index in [0.29, 0.717) is 38.3 Å². The second kappa shape index (κ2) is 9.49. The molecule has 10 heteroatoms. The van der Waals surface area contributed by atoms with E-state index < -0.39 is 0 Å². The molecule has 0 bridgehead atoms. The quantitative estimate of drug-likeness (QED) is 0.291. The van der Waals surface area contributed by atoms with E-state index in [1.165, 1.54) is 11.8 Å². The van der Waals surface area contributed by atoms with Gasteiger partial charge >= 0.3 is 0 Å². The molecule has 0 N–H and O–H groups in total. The Balaban J connectivity index is 1.77. The highest BCUT2D eigenvalue weighted by atomic mass is 35.5. The molecular weight excluding hydrogens is 436 g/mol. The summed E-state index contributed by atoms with van der Waals surface area (Å²) in [6.45, 7) is 2.88. The number of thioether (sulfide) groups is 1. The van der Waals surface area contributed by atoms with Crippen LogP contribution in [0.15, 0.2) is 52.4 Å². The molecule has 2 aromatic heterocycles. The molecule has 4 rings (SSSR count). The molecule has 4 aromatic rings. The molecule has 0 amide bonds. The van der Waals surface area contributed by atoms with Gasteiger partial charge in [-0.25, -0.2) is 9.67 Å². The molecule has 31 heavy (non-hydrogen) atoms. The second-order valence-corrected chi connectivity index (χ2v) is 8.18. The lowest BCUT2D eigenvalue weighted by atomic mass is 10.2. The van der Waals surface area contributed by atoms with Crippen molar-refractivity contribution < 1.29 is 4.74 Å². The molecule has 2 heterocycles. The maximum atomic E-state index is 13.4. The van der Waals surface area contributed by atoms with E-state index in [1.54, 1.807) is 40.6 Å². The first-order valence-corrected chi connectivity index (χ1v) is 11.2. The van der Waals surface area contributed by atoms with Crippen LogP contribution in [0.1, 0.15) is 25.6 Å². The van der Waals surface area contributed by atoms with Gasteiger partial charge in [0, 0.05) is 6.54 Å². The van der Waals surface area contributed by atoms with E-state index in [0.717, 1.165) is 25.2 Å². The predicted molar refractivity (Wildman–Crippen MR) is 121 cm³/mol. The van der Waals surface area contributed by atoms with Gasteiger partial charge in [0.1, 0.15) is 5.75 Å². The number of nitrogens with zero attached hydrogens (tertiary/aromatic N) is 6. The maximum Gasteiger partial charge on any atom is 0.266 e. The third-order valence-corrected chi connectivity index (χ3v) is 6.03. The van der Waals surface area contributed by atoms with Crippen molar-refractivity contribution in [2.24, 2.45) is 0 Å². The lowest BCUT2D eigenvalue weighted by molar-refractivity contribution is 0.415. The number of methoxy groups -OCH3 is 1. The van der Waals surface area contributed by atoms with E-state index in [2.05, 4.69) is 22.4 Å². The van der Waals surface area contributed by atoms with E-state index in [9.17, 15) is 4.79 Å². The SMILES string of the molecule is CCCCn1nnnc1CSc1nc2ccccc2c(=O)n1-c1ccc(OC)c(Cl)c1. The number of unbranched alkanes of at least 4 members (excludes halogenated alkanes) is 1. The molecule has 0 aliphatic carbocycles. The van der Waals surface area contributed by atoms with Crippen LogP contribution in [0.25, 0.3) is 16.6 Å². The van der Waals surface area contributed by atoms with Crippen molar-refractivity contribution in [1.82, 2.24) is 29.8 Å². The molecule has 0 fully saturated rings. The van der Waals surface area contributed by atoms with Crippen LogP contribution in [-0.2, 0) is 12.3 Å². The first-order chi connectivity index (χ1) is 15.1. The molecule has 0 saturated heterocycles. The smallest absolute Gasteiger partial charge is 0.266 e. The zero-order valence-electron chi connectivity index (χ0n) is 17.2. The highest BCUT2D eigenvalue weighted by Gasteiger charge is 2.16. The number of aromatic nitrogens is 6. The Morgan fingerprint density at radius 2 is 2.03 bits per heavy atom. The van der Waals surface area contributed by atoms with Gasteiger partial charge in [0.2, 0.25) is 0 Å². The standard InChI is InChI=1S/C21H21ClN6O2S/c1-3-4-11-27-19(24-25-26-27)13-31-21-23-17-8-6-5-7-15(17)20(29)28(21)14-9-10-18(30-2)16(22)12-14/h5-10,12H,3-4,11,13H2,1-2H3. The summed E-state index contributed by atoms with van der Waals surface area (Å²) in [4.78, 5) is 18.1. The Kier molecular flexibility index (Phi) is 6.53. The topological polar surface area (TPSA) is 87.7 Å². The average molecular weight is 457 g/mol. The second-order valence-electron chi connectivity index (χ2n) is 6.83. The van der Waals surface area contributed by atoms with Crippen LogP contribution < -0.4 is 10.3 Å². The van der Waals surface area contributed by atoms with Crippen LogP contribution in [-0.4, -0.2) is 36.9 Å². The summed E-state index contributed by atoms with van der Waals surface area (Å²) in [5.41, 5.74) is 1.08. The fourth-order valence-corrected chi connectivity index (χ4v) is 4.37. The van der Waals surface area contributed by atoms with E-state index in [1.807, 2.05) is 18.2 Å². The van der Waals surface area contributed by atoms with Crippen molar-refractivity contribution in [3.8, 4) is 11.4 Å². The zero-order chi connectivity index (χ0) is 21.8. The minimum absolute atomic E-state index is 0.167. The highest BCUT2D eigenvalue weighted by Crippen LogP contribution is 2.29. The van der Waals surface area contributed by atoms with Crippen molar-refractivity contribution in [2.45, 2.75) is 37.2 Å². The van der Waals surface area contributed by atoms with Crippen molar-refractivity contribution in [1.29, 1.82) is 0 Å².